The van der Waals surface area contributed by atoms with Gasteiger partial charge in [-0.2, -0.15) is 0 Å². The second kappa shape index (κ2) is 2.73. The van der Waals surface area contributed by atoms with Crippen LogP contribution in [-0.4, -0.2) is 12.9 Å². The van der Waals surface area contributed by atoms with E-state index in [0.717, 1.165) is 0 Å². The predicted molar refractivity (Wildman–Crippen MR) is 47.9 cm³/mol. The van der Waals surface area contributed by atoms with Gasteiger partial charge in [-0.15, -0.1) is 0 Å². The summed E-state index contributed by atoms with van der Waals surface area (Å²) in [5.74, 6) is 0.718. The molecule has 13 heavy (non-hydrogen) atoms. The molecule has 1 aliphatic heterocycles. The Morgan fingerprint density at radius 3 is 3.00 bits per heavy atom. The van der Waals surface area contributed by atoms with Crippen molar-refractivity contribution in [3.63, 3.8) is 0 Å². The Hall–Kier alpha value is -1.58. The third-order valence-corrected chi connectivity index (χ3v) is 2.02. The summed E-state index contributed by atoms with van der Waals surface area (Å²) in [6.07, 6.45) is 0.373. The fraction of sp³-hybridized carbons (Fsp3) is 0.222. The molecule has 68 valence electrons. The van der Waals surface area contributed by atoms with Crippen molar-refractivity contribution >= 4 is 11.5 Å². The summed E-state index contributed by atoms with van der Waals surface area (Å²) in [6.45, 7) is 0. The molecule has 0 aliphatic carbocycles. The van der Waals surface area contributed by atoms with E-state index >= 15 is 0 Å². The zero-order chi connectivity index (χ0) is 9.42. The number of hydrogen-bond acceptors (Lipinski definition) is 3. The number of fused-ring (bicyclic) bond motifs is 1. The normalized spacial score (nSPS) is 13.8. The molecule has 0 spiro atoms. The number of methoxy groups -OCH3 is 1. The van der Waals surface area contributed by atoms with Crippen molar-refractivity contribution in [1.82, 2.24) is 0 Å². The molecule has 2 N–H and O–H groups in total. The molecular formula is C9H9FN2O. The number of amidine groups is 1. The van der Waals surface area contributed by atoms with Crippen LogP contribution in [-0.2, 0) is 6.42 Å². The average Bonchev–Trinajstić information content (AvgIpc) is 2.48. The number of aliphatic imine (C=N–C) groups is 1. The van der Waals surface area contributed by atoms with Crippen molar-refractivity contribution in [2.75, 3.05) is 7.11 Å². The number of rotatable bonds is 1. The van der Waals surface area contributed by atoms with E-state index in [2.05, 4.69) is 4.99 Å². The lowest BCUT2D eigenvalue weighted by molar-refractivity contribution is 0.415. The first-order chi connectivity index (χ1) is 6.22. The molecule has 1 aromatic rings. The number of hydrogen-bond donors (Lipinski definition) is 1. The molecule has 0 bridgehead atoms. The van der Waals surface area contributed by atoms with Crippen LogP contribution in [0.3, 0.4) is 0 Å². The Morgan fingerprint density at radius 2 is 2.31 bits per heavy atom. The minimum atomic E-state index is -0.278. The first-order valence-electron chi connectivity index (χ1n) is 3.91. The largest absolute Gasteiger partial charge is 0.494 e. The first-order valence-corrected chi connectivity index (χ1v) is 3.91. The molecule has 0 amide bonds. The first kappa shape index (κ1) is 8.04. The van der Waals surface area contributed by atoms with E-state index in [1.807, 2.05) is 0 Å². The van der Waals surface area contributed by atoms with E-state index in [9.17, 15) is 4.39 Å². The van der Waals surface area contributed by atoms with Crippen molar-refractivity contribution in [1.29, 1.82) is 0 Å². The SMILES string of the molecule is COc1ccc(F)c2c1N=C(N)C2. The summed E-state index contributed by atoms with van der Waals surface area (Å²) >= 11 is 0. The highest BCUT2D eigenvalue weighted by molar-refractivity contribution is 5.92. The van der Waals surface area contributed by atoms with E-state index in [-0.39, 0.29) is 5.82 Å². The molecule has 1 aliphatic rings. The standard InChI is InChI=1S/C9H9FN2O/c1-13-7-3-2-6(10)5-4-8(11)12-9(5)7/h2-3H,4H2,1H3,(H2,11,12). The Morgan fingerprint density at radius 1 is 1.54 bits per heavy atom. The van der Waals surface area contributed by atoms with Crippen molar-refractivity contribution in [2.24, 2.45) is 10.7 Å². The van der Waals surface area contributed by atoms with E-state index < -0.39 is 0 Å². The van der Waals surface area contributed by atoms with Crippen molar-refractivity contribution in [3.8, 4) is 5.75 Å². The van der Waals surface area contributed by atoms with Gasteiger partial charge in [-0.1, -0.05) is 0 Å². The van der Waals surface area contributed by atoms with Crippen LogP contribution in [0, 0.1) is 5.82 Å². The quantitative estimate of drug-likeness (QED) is 0.709. The van der Waals surface area contributed by atoms with Gasteiger partial charge in [0.15, 0.2) is 0 Å². The lowest BCUT2D eigenvalue weighted by Gasteiger charge is -2.04. The fourth-order valence-electron chi connectivity index (χ4n) is 1.41. The van der Waals surface area contributed by atoms with Crippen molar-refractivity contribution < 1.29 is 9.13 Å². The average molecular weight is 180 g/mol. The summed E-state index contributed by atoms with van der Waals surface area (Å²) in [7, 11) is 1.53. The molecule has 3 nitrogen and oxygen atoms in total. The van der Waals surface area contributed by atoms with E-state index in [1.165, 1.54) is 13.2 Å². The van der Waals surface area contributed by atoms with Gasteiger partial charge in [-0.05, 0) is 12.1 Å². The minimum Gasteiger partial charge on any atom is -0.494 e. The lowest BCUT2D eigenvalue weighted by Crippen LogP contribution is -2.10. The van der Waals surface area contributed by atoms with Gasteiger partial charge in [0.05, 0.1) is 7.11 Å². The van der Waals surface area contributed by atoms with Gasteiger partial charge in [0, 0.05) is 12.0 Å². The molecular weight excluding hydrogens is 171 g/mol. The summed E-state index contributed by atoms with van der Waals surface area (Å²) in [5, 5.41) is 0. The van der Waals surface area contributed by atoms with Crippen LogP contribution in [0.15, 0.2) is 17.1 Å². The summed E-state index contributed by atoms with van der Waals surface area (Å²) in [4.78, 5) is 4.01. The Balaban J connectivity index is 2.61. The minimum absolute atomic E-state index is 0.278. The summed E-state index contributed by atoms with van der Waals surface area (Å²) < 4.78 is 18.2. The zero-order valence-corrected chi connectivity index (χ0v) is 7.17. The number of ether oxygens (including phenoxy) is 1. The highest BCUT2D eigenvalue weighted by atomic mass is 19.1. The highest BCUT2D eigenvalue weighted by Crippen LogP contribution is 2.36. The molecule has 0 saturated carbocycles. The van der Waals surface area contributed by atoms with Crippen LogP contribution < -0.4 is 10.5 Å². The molecule has 0 aromatic heterocycles. The smallest absolute Gasteiger partial charge is 0.145 e. The van der Waals surface area contributed by atoms with Crippen molar-refractivity contribution in [2.45, 2.75) is 6.42 Å². The van der Waals surface area contributed by atoms with Gasteiger partial charge in [-0.25, -0.2) is 9.38 Å². The third kappa shape index (κ3) is 1.14. The Bertz CT molecular complexity index is 387. The van der Waals surface area contributed by atoms with Crippen LogP contribution in [0.5, 0.6) is 5.75 Å². The van der Waals surface area contributed by atoms with Crippen LogP contribution in [0.1, 0.15) is 5.56 Å². The topological polar surface area (TPSA) is 47.6 Å². The van der Waals surface area contributed by atoms with Gasteiger partial charge >= 0.3 is 0 Å². The number of benzene rings is 1. The monoisotopic (exact) mass is 180 g/mol. The van der Waals surface area contributed by atoms with Crippen LogP contribution in [0.2, 0.25) is 0 Å². The second-order valence-corrected chi connectivity index (χ2v) is 2.86. The van der Waals surface area contributed by atoms with Gasteiger partial charge in [0.25, 0.3) is 0 Å². The number of nitrogens with two attached hydrogens (primary N) is 1. The lowest BCUT2D eigenvalue weighted by atomic mass is 10.1. The van der Waals surface area contributed by atoms with Crippen LogP contribution in [0.4, 0.5) is 10.1 Å². The number of nitrogens with zero attached hydrogens (tertiary/aromatic N) is 1. The maximum atomic E-state index is 13.2. The van der Waals surface area contributed by atoms with Crippen molar-refractivity contribution in [3.05, 3.63) is 23.5 Å². The number of halogens is 1. The van der Waals surface area contributed by atoms with Gasteiger partial charge < -0.3 is 10.5 Å². The van der Waals surface area contributed by atoms with Gasteiger partial charge in [-0.3, -0.25) is 0 Å². The van der Waals surface area contributed by atoms with Crippen LogP contribution >= 0.6 is 0 Å². The molecule has 1 heterocycles. The summed E-state index contributed by atoms with van der Waals surface area (Å²) in [6, 6.07) is 2.92. The molecule has 1 aromatic carbocycles. The molecule has 4 heteroatoms. The molecule has 0 atom stereocenters. The summed E-state index contributed by atoms with van der Waals surface area (Å²) in [5.41, 5.74) is 6.56. The van der Waals surface area contributed by atoms with E-state index in [4.69, 9.17) is 10.5 Å². The van der Waals surface area contributed by atoms with Gasteiger partial charge in [0.1, 0.15) is 23.1 Å². The molecule has 0 radical (unpaired) electrons. The Kier molecular flexibility index (Phi) is 1.69. The van der Waals surface area contributed by atoms with Gasteiger partial charge in [0.2, 0.25) is 0 Å². The predicted octanol–water partition coefficient (Wildman–Crippen LogP) is 1.38. The Labute approximate surface area is 75.0 Å². The third-order valence-electron chi connectivity index (χ3n) is 2.02. The highest BCUT2D eigenvalue weighted by Gasteiger charge is 2.20. The van der Waals surface area contributed by atoms with E-state index in [1.54, 1.807) is 6.07 Å². The maximum Gasteiger partial charge on any atom is 0.145 e. The maximum absolute atomic E-state index is 13.2. The molecule has 2 rings (SSSR count). The molecule has 0 fully saturated rings. The van der Waals surface area contributed by atoms with Crippen LogP contribution in [0.25, 0.3) is 0 Å². The zero-order valence-electron chi connectivity index (χ0n) is 7.17. The molecule has 0 unspecified atom stereocenters. The second-order valence-electron chi connectivity index (χ2n) is 2.86. The van der Waals surface area contributed by atoms with E-state index in [0.29, 0.717) is 29.3 Å². The molecule has 0 saturated heterocycles. The fourth-order valence-corrected chi connectivity index (χ4v) is 1.41.